The molecule has 2 aliphatic rings. The standard InChI is InChI=1S/C26H31N9O3S/c1-17-12-29-34(15-17)22-14-28-24(11-21(22)31-19-5-8-26(2,36)9-6-19)32-23-7-10-27-25(33-23)18-13-30-35(16-18)39(37,38)20-3-4-20/h7,10-16,19-20,36H,3-6,8-9H2,1-2H3,(H2,27,28,31,32,33). The van der Waals surface area contributed by atoms with Gasteiger partial charge in [0.25, 0.3) is 10.0 Å². The molecule has 0 bridgehead atoms. The van der Waals surface area contributed by atoms with Crippen LogP contribution in [0.5, 0.6) is 0 Å². The average Bonchev–Trinajstić information content (AvgIpc) is 3.50. The highest BCUT2D eigenvalue weighted by Crippen LogP contribution is 2.33. The Kier molecular flexibility index (Phi) is 6.34. The summed E-state index contributed by atoms with van der Waals surface area (Å²) in [6, 6.07) is 3.85. The molecule has 0 spiro atoms. The number of nitrogens with one attached hydrogen (secondary N) is 2. The third kappa shape index (κ3) is 5.50. The predicted molar refractivity (Wildman–Crippen MR) is 146 cm³/mol. The van der Waals surface area contributed by atoms with Crippen LogP contribution < -0.4 is 10.6 Å². The number of rotatable bonds is 8. The van der Waals surface area contributed by atoms with Gasteiger partial charge in [0, 0.05) is 24.5 Å². The van der Waals surface area contributed by atoms with Gasteiger partial charge in [-0.05, 0) is 64.0 Å². The van der Waals surface area contributed by atoms with Crippen LogP contribution in [0.25, 0.3) is 17.1 Å². The Hall–Kier alpha value is -3.84. The molecule has 2 fully saturated rings. The zero-order valence-electron chi connectivity index (χ0n) is 21.8. The second kappa shape index (κ2) is 9.72. The van der Waals surface area contributed by atoms with Crippen LogP contribution in [0.3, 0.4) is 0 Å². The molecule has 4 aromatic heterocycles. The Morgan fingerprint density at radius 3 is 2.54 bits per heavy atom. The molecule has 2 saturated carbocycles. The molecule has 0 aliphatic heterocycles. The van der Waals surface area contributed by atoms with Gasteiger partial charge in [-0.25, -0.2) is 28.1 Å². The summed E-state index contributed by atoms with van der Waals surface area (Å²) >= 11 is 0. The molecule has 0 unspecified atom stereocenters. The Labute approximate surface area is 226 Å². The first-order valence-corrected chi connectivity index (χ1v) is 14.6. The number of anilines is 3. The number of aromatic nitrogens is 7. The van der Waals surface area contributed by atoms with Crippen molar-refractivity contribution in [3.63, 3.8) is 0 Å². The molecule has 0 atom stereocenters. The van der Waals surface area contributed by atoms with E-state index in [-0.39, 0.29) is 11.3 Å². The minimum atomic E-state index is -3.46. The minimum absolute atomic E-state index is 0.213. The summed E-state index contributed by atoms with van der Waals surface area (Å²) in [5.41, 5.74) is 2.62. The molecule has 0 amide bonds. The highest BCUT2D eigenvalue weighted by Gasteiger charge is 2.37. The highest BCUT2D eigenvalue weighted by atomic mass is 32.2. The van der Waals surface area contributed by atoms with Gasteiger partial charge in [0.15, 0.2) is 5.82 Å². The molecule has 12 nitrogen and oxygen atoms in total. The molecule has 3 N–H and O–H groups in total. The van der Waals surface area contributed by atoms with Crippen LogP contribution in [-0.2, 0) is 10.0 Å². The predicted octanol–water partition coefficient (Wildman–Crippen LogP) is 3.42. The number of nitrogens with zero attached hydrogens (tertiary/aromatic N) is 7. The number of aryl methyl sites for hydroxylation is 1. The van der Waals surface area contributed by atoms with Gasteiger partial charge in [0.1, 0.15) is 17.3 Å². The van der Waals surface area contributed by atoms with Gasteiger partial charge < -0.3 is 15.7 Å². The topological polar surface area (TPSA) is 153 Å². The minimum Gasteiger partial charge on any atom is -0.390 e. The van der Waals surface area contributed by atoms with E-state index in [4.69, 9.17) is 0 Å². The van der Waals surface area contributed by atoms with Crippen molar-refractivity contribution in [2.45, 2.75) is 69.3 Å². The molecule has 0 aromatic carbocycles. The van der Waals surface area contributed by atoms with E-state index in [2.05, 4.69) is 35.8 Å². The monoisotopic (exact) mass is 549 g/mol. The number of aliphatic hydroxyl groups is 1. The van der Waals surface area contributed by atoms with E-state index >= 15 is 0 Å². The lowest BCUT2D eigenvalue weighted by atomic mass is 9.83. The normalized spacial score (nSPS) is 21.6. The fourth-order valence-electron chi connectivity index (χ4n) is 4.74. The molecule has 39 heavy (non-hydrogen) atoms. The first-order valence-electron chi connectivity index (χ1n) is 13.1. The highest BCUT2D eigenvalue weighted by molar-refractivity contribution is 7.90. The summed E-state index contributed by atoms with van der Waals surface area (Å²) in [5.74, 6) is 1.44. The lowest BCUT2D eigenvalue weighted by Gasteiger charge is -2.34. The lowest BCUT2D eigenvalue weighted by Crippen LogP contribution is -2.36. The van der Waals surface area contributed by atoms with Crippen LogP contribution >= 0.6 is 0 Å². The van der Waals surface area contributed by atoms with E-state index < -0.39 is 15.6 Å². The fraction of sp³-hybridized carbons (Fsp3) is 0.423. The summed E-state index contributed by atoms with van der Waals surface area (Å²) in [6.07, 6.45) is 14.5. The zero-order valence-corrected chi connectivity index (χ0v) is 22.6. The van der Waals surface area contributed by atoms with E-state index in [1.807, 2.05) is 26.1 Å². The Bertz CT molecular complexity index is 1600. The SMILES string of the molecule is Cc1cnn(-c2cnc(Nc3ccnc(-c4cnn(S(=O)(=O)C5CC5)c4)n3)cc2NC2CCC(C)(O)CC2)c1. The average molecular weight is 550 g/mol. The number of hydrogen-bond acceptors (Lipinski definition) is 10. The van der Waals surface area contributed by atoms with Crippen LogP contribution in [0, 0.1) is 6.92 Å². The molecule has 0 radical (unpaired) electrons. The summed E-state index contributed by atoms with van der Waals surface area (Å²) in [6.45, 7) is 3.88. The van der Waals surface area contributed by atoms with Crippen molar-refractivity contribution in [1.82, 2.24) is 33.9 Å². The summed E-state index contributed by atoms with van der Waals surface area (Å²) in [5, 5.41) is 25.4. The van der Waals surface area contributed by atoms with Gasteiger partial charge in [0.05, 0.1) is 46.9 Å². The van der Waals surface area contributed by atoms with Crippen molar-refractivity contribution < 1.29 is 13.5 Å². The van der Waals surface area contributed by atoms with Crippen molar-refractivity contribution in [1.29, 1.82) is 0 Å². The quantitative estimate of drug-likeness (QED) is 0.298. The largest absolute Gasteiger partial charge is 0.390 e. The van der Waals surface area contributed by atoms with Crippen molar-refractivity contribution in [2.24, 2.45) is 0 Å². The van der Waals surface area contributed by atoms with Crippen molar-refractivity contribution in [3.8, 4) is 17.1 Å². The van der Waals surface area contributed by atoms with Gasteiger partial charge in [-0.2, -0.15) is 14.3 Å². The first-order chi connectivity index (χ1) is 18.7. The lowest BCUT2D eigenvalue weighted by molar-refractivity contribution is 0.0196. The smallest absolute Gasteiger partial charge is 0.256 e. The molecular formula is C26H31N9O3S. The van der Waals surface area contributed by atoms with Crippen molar-refractivity contribution in [3.05, 3.63) is 54.9 Å². The zero-order chi connectivity index (χ0) is 27.2. The van der Waals surface area contributed by atoms with Gasteiger partial charge in [-0.3, -0.25) is 0 Å². The van der Waals surface area contributed by atoms with Crippen molar-refractivity contribution in [2.75, 3.05) is 10.6 Å². The molecule has 4 heterocycles. The van der Waals surface area contributed by atoms with E-state index in [1.165, 1.54) is 12.4 Å². The van der Waals surface area contributed by atoms with Crippen LogP contribution in [-0.4, -0.2) is 64.3 Å². The van der Waals surface area contributed by atoms with E-state index in [0.29, 0.717) is 35.9 Å². The summed E-state index contributed by atoms with van der Waals surface area (Å²) in [7, 11) is -3.46. The van der Waals surface area contributed by atoms with Gasteiger partial charge in [-0.15, -0.1) is 0 Å². The van der Waals surface area contributed by atoms with Gasteiger partial charge >= 0.3 is 0 Å². The molecule has 0 saturated heterocycles. The Morgan fingerprint density at radius 1 is 1.03 bits per heavy atom. The molecule has 204 valence electrons. The third-order valence-corrected chi connectivity index (χ3v) is 9.24. The van der Waals surface area contributed by atoms with Crippen LogP contribution in [0.15, 0.2) is 49.3 Å². The van der Waals surface area contributed by atoms with E-state index in [1.54, 1.807) is 29.3 Å². The van der Waals surface area contributed by atoms with Gasteiger partial charge in [-0.1, -0.05) is 0 Å². The maximum Gasteiger partial charge on any atom is 0.256 e. The van der Waals surface area contributed by atoms with E-state index in [0.717, 1.165) is 46.7 Å². The second-order valence-corrected chi connectivity index (χ2v) is 12.8. The third-order valence-electron chi connectivity index (χ3n) is 7.20. The Balaban J connectivity index is 1.25. The molecule has 2 aliphatic carbocycles. The van der Waals surface area contributed by atoms with E-state index in [9.17, 15) is 13.5 Å². The van der Waals surface area contributed by atoms with Crippen LogP contribution in [0.4, 0.5) is 17.3 Å². The van der Waals surface area contributed by atoms with Crippen molar-refractivity contribution >= 4 is 27.3 Å². The summed E-state index contributed by atoms with van der Waals surface area (Å²) in [4.78, 5) is 13.5. The second-order valence-electron chi connectivity index (χ2n) is 10.7. The fourth-order valence-corrected chi connectivity index (χ4v) is 6.22. The molecule has 6 rings (SSSR count). The van der Waals surface area contributed by atoms with Crippen LogP contribution in [0.2, 0.25) is 0 Å². The Morgan fingerprint density at radius 2 is 1.82 bits per heavy atom. The molecular weight excluding hydrogens is 518 g/mol. The maximum absolute atomic E-state index is 12.5. The number of pyridine rings is 1. The van der Waals surface area contributed by atoms with Gasteiger partial charge in [0.2, 0.25) is 0 Å². The first kappa shape index (κ1) is 25.4. The summed E-state index contributed by atoms with van der Waals surface area (Å²) < 4.78 is 27.8. The maximum atomic E-state index is 12.5. The molecule has 4 aromatic rings. The van der Waals surface area contributed by atoms with Crippen LogP contribution in [0.1, 0.15) is 51.0 Å². The molecule has 13 heteroatoms. The number of hydrogen-bond donors (Lipinski definition) is 3.